The zero-order valence-electron chi connectivity index (χ0n) is 12.6. The summed E-state index contributed by atoms with van der Waals surface area (Å²) in [5.41, 5.74) is 4.19. The van der Waals surface area contributed by atoms with Gasteiger partial charge in [0.15, 0.2) is 0 Å². The molecule has 1 unspecified atom stereocenters. The molecule has 0 fully saturated rings. The number of hydrogen-bond donors (Lipinski definition) is 1. The zero-order chi connectivity index (χ0) is 14.5. The Morgan fingerprint density at radius 1 is 1.19 bits per heavy atom. The van der Waals surface area contributed by atoms with Crippen molar-refractivity contribution in [2.45, 2.75) is 25.3 Å². The first-order valence-electron chi connectivity index (χ1n) is 7.78. The van der Waals surface area contributed by atoms with Gasteiger partial charge in [0.2, 0.25) is 0 Å². The van der Waals surface area contributed by atoms with E-state index in [-0.39, 0.29) is 0 Å². The number of pyridine rings is 1. The zero-order valence-corrected chi connectivity index (χ0v) is 12.6. The molecular weight excluding hydrogens is 258 g/mol. The van der Waals surface area contributed by atoms with Crippen LogP contribution in [-0.2, 0) is 6.42 Å². The van der Waals surface area contributed by atoms with Gasteiger partial charge in [-0.05, 0) is 55.6 Å². The maximum Gasteiger partial charge on any atom is 0.0414 e. The number of benzene rings is 1. The van der Waals surface area contributed by atoms with Crippen molar-refractivity contribution >= 4 is 5.69 Å². The first-order valence-corrected chi connectivity index (χ1v) is 7.78. The average molecular weight is 281 g/mol. The Kier molecular flexibility index (Phi) is 4.51. The lowest BCUT2D eigenvalue weighted by Crippen LogP contribution is -2.26. The Hall–Kier alpha value is -1.87. The largest absolute Gasteiger partial charge is 0.371 e. The summed E-state index contributed by atoms with van der Waals surface area (Å²) in [6.45, 7) is 2.21. The number of nitrogens with zero attached hydrogens (tertiary/aromatic N) is 2. The van der Waals surface area contributed by atoms with Crippen molar-refractivity contribution in [1.82, 2.24) is 10.3 Å². The second kappa shape index (κ2) is 6.72. The molecule has 3 heteroatoms. The summed E-state index contributed by atoms with van der Waals surface area (Å²) in [5, 5.41) is 3.46. The molecule has 1 aliphatic heterocycles. The van der Waals surface area contributed by atoms with E-state index in [2.05, 4.69) is 58.6 Å². The fourth-order valence-corrected chi connectivity index (χ4v) is 3.18. The van der Waals surface area contributed by atoms with Gasteiger partial charge in [-0.15, -0.1) is 0 Å². The van der Waals surface area contributed by atoms with Crippen LogP contribution in [0.3, 0.4) is 0 Å². The predicted octanol–water partition coefficient (Wildman–Crippen LogP) is 3.19. The smallest absolute Gasteiger partial charge is 0.0414 e. The molecule has 0 bridgehead atoms. The molecule has 1 aromatic heterocycles. The molecule has 0 spiro atoms. The highest BCUT2D eigenvalue weighted by molar-refractivity contribution is 5.56. The first-order chi connectivity index (χ1) is 10.4. The van der Waals surface area contributed by atoms with Gasteiger partial charge in [0, 0.05) is 37.2 Å². The van der Waals surface area contributed by atoms with Crippen LogP contribution in [0.15, 0.2) is 48.8 Å². The van der Waals surface area contributed by atoms with Gasteiger partial charge in [-0.1, -0.05) is 18.2 Å². The summed E-state index contributed by atoms with van der Waals surface area (Å²) >= 11 is 0. The van der Waals surface area contributed by atoms with Crippen molar-refractivity contribution < 1.29 is 0 Å². The monoisotopic (exact) mass is 281 g/mol. The van der Waals surface area contributed by atoms with E-state index >= 15 is 0 Å². The van der Waals surface area contributed by atoms with Crippen LogP contribution in [0.5, 0.6) is 0 Å². The highest BCUT2D eigenvalue weighted by Crippen LogP contribution is 2.32. The Labute approximate surface area is 127 Å². The molecule has 110 valence electrons. The molecule has 0 amide bonds. The van der Waals surface area contributed by atoms with Gasteiger partial charge in [-0.2, -0.15) is 0 Å². The van der Waals surface area contributed by atoms with Crippen LogP contribution < -0.4 is 10.2 Å². The van der Waals surface area contributed by atoms with E-state index in [1.165, 1.54) is 29.7 Å². The second-order valence-electron chi connectivity index (χ2n) is 5.63. The van der Waals surface area contributed by atoms with Crippen molar-refractivity contribution in [1.29, 1.82) is 0 Å². The third-order valence-corrected chi connectivity index (χ3v) is 4.34. The molecule has 1 N–H and O–H groups in total. The normalized spacial score (nSPS) is 18.1. The highest BCUT2D eigenvalue weighted by Gasteiger charge is 2.21. The fraction of sp³-hybridized carbons (Fsp3) is 0.389. The molecule has 21 heavy (non-hydrogen) atoms. The number of fused-ring (bicyclic) bond motifs is 1. The van der Waals surface area contributed by atoms with Crippen LogP contribution in [0.25, 0.3) is 0 Å². The first kappa shape index (κ1) is 14.1. The molecule has 0 saturated carbocycles. The molecule has 1 aliphatic rings. The van der Waals surface area contributed by atoms with E-state index in [9.17, 15) is 0 Å². The molecule has 3 nitrogen and oxygen atoms in total. The Balaban J connectivity index is 1.78. The van der Waals surface area contributed by atoms with Gasteiger partial charge in [-0.25, -0.2) is 0 Å². The summed E-state index contributed by atoms with van der Waals surface area (Å²) in [5.74, 6) is 0. The van der Waals surface area contributed by atoms with Crippen LogP contribution in [0, 0.1) is 0 Å². The third kappa shape index (κ3) is 3.24. The molecule has 3 rings (SSSR count). The molecule has 1 atom stereocenters. The van der Waals surface area contributed by atoms with Gasteiger partial charge >= 0.3 is 0 Å². The number of anilines is 1. The van der Waals surface area contributed by atoms with E-state index in [1.807, 2.05) is 12.4 Å². The minimum absolute atomic E-state index is 0.479. The molecular formula is C18H23N3. The second-order valence-corrected chi connectivity index (χ2v) is 5.63. The molecule has 0 aliphatic carbocycles. The van der Waals surface area contributed by atoms with E-state index in [1.54, 1.807) is 0 Å². The van der Waals surface area contributed by atoms with E-state index in [0.29, 0.717) is 6.04 Å². The van der Waals surface area contributed by atoms with Crippen molar-refractivity contribution in [2.75, 3.05) is 25.0 Å². The van der Waals surface area contributed by atoms with Gasteiger partial charge in [0.1, 0.15) is 0 Å². The number of para-hydroxylation sites is 1. The standard InChI is InChI=1S/C18H23N3/c1-19-17-6-4-13-21(18-7-3-2-5-16(17)18)14-10-15-8-11-20-12-9-15/h2-3,5,7-9,11-12,17,19H,4,6,10,13-14H2,1H3. The van der Waals surface area contributed by atoms with E-state index < -0.39 is 0 Å². The van der Waals surface area contributed by atoms with E-state index in [0.717, 1.165) is 19.5 Å². The Bertz CT molecular complexity index is 568. The van der Waals surface area contributed by atoms with Crippen LogP contribution in [0.1, 0.15) is 30.0 Å². The highest BCUT2D eigenvalue weighted by atomic mass is 15.1. The number of aromatic nitrogens is 1. The molecule has 0 radical (unpaired) electrons. The lowest BCUT2D eigenvalue weighted by atomic mass is 10.0. The lowest BCUT2D eigenvalue weighted by Gasteiger charge is -2.26. The summed E-state index contributed by atoms with van der Waals surface area (Å²) < 4.78 is 0. The number of rotatable bonds is 4. The molecule has 2 heterocycles. The molecule has 2 aromatic rings. The lowest BCUT2D eigenvalue weighted by molar-refractivity contribution is 0.541. The van der Waals surface area contributed by atoms with Crippen LogP contribution >= 0.6 is 0 Å². The topological polar surface area (TPSA) is 28.2 Å². The summed E-state index contributed by atoms with van der Waals surface area (Å²) in [6, 6.07) is 13.5. The average Bonchev–Trinajstić information content (AvgIpc) is 2.73. The van der Waals surface area contributed by atoms with Crippen molar-refractivity contribution in [3.8, 4) is 0 Å². The van der Waals surface area contributed by atoms with Crippen LogP contribution in [0.4, 0.5) is 5.69 Å². The van der Waals surface area contributed by atoms with Gasteiger partial charge in [-0.3, -0.25) is 4.98 Å². The van der Waals surface area contributed by atoms with Crippen LogP contribution in [0.2, 0.25) is 0 Å². The summed E-state index contributed by atoms with van der Waals surface area (Å²) in [6.07, 6.45) is 7.27. The quantitative estimate of drug-likeness (QED) is 0.933. The van der Waals surface area contributed by atoms with E-state index in [4.69, 9.17) is 0 Å². The Morgan fingerprint density at radius 3 is 2.81 bits per heavy atom. The maximum absolute atomic E-state index is 4.09. The maximum atomic E-state index is 4.09. The molecule has 0 saturated heterocycles. The molecule has 1 aromatic carbocycles. The SMILES string of the molecule is CNC1CCCN(CCc2ccncc2)c2ccccc21. The third-order valence-electron chi connectivity index (χ3n) is 4.34. The van der Waals surface area contributed by atoms with Crippen molar-refractivity contribution in [3.05, 3.63) is 59.9 Å². The Morgan fingerprint density at radius 2 is 2.00 bits per heavy atom. The fourth-order valence-electron chi connectivity index (χ4n) is 3.18. The minimum atomic E-state index is 0.479. The summed E-state index contributed by atoms with van der Waals surface area (Å²) in [7, 11) is 2.06. The number of nitrogens with one attached hydrogen (secondary N) is 1. The van der Waals surface area contributed by atoms with Gasteiger partial charge in [0.05, 0.1) is 0 Å². The van der Waals surface area contributed by atoms with Crippen LogP contribution in [-0.4, -0.2) is 25.1 Å². The minimum Gasteiger partial charge on any atom is -0.371 e. The van der Waals surface area contributed by atoms with Gasteiger partial charge in [0.25, 0.3) is 0 Å². The number of hydrogen-bond acceptors (Lipinski definition) is 3. The van der Waals surface area contributed by atoms with Gasteiger partial charge < -0.3 is 10.2 Å². The van der Waals surface area contributed by atoms with Crippen molar-refractivity contribution in [3.63, 3.8) is 0 Å². The van der Waals surface area contributed by atoms with Crippen molar-refractivity contribution in [2.24, 2.45) is 0 Å². The predicted molar refractivity (Wildman–Crippen MR) is 87.6 cm³/mol. The summed E-state index contributed by atoms with van der Waals surface area (Å²) in [4.78, 5) is 6.63.